The van der Waals surface area contributed by atoms with Crippen LogP contribution in [0.3, 0.4) is 0 Å². The van der Waals surface area contributed by atoms with Crippen LogP contribution >= 0.6 is 0 Å². The fourth-order valence-corrected chi connectivity index (χ4v) is 2.54. The summed E-state index contributed by atoms with van der Waals surface area (Å²) in [4.78, 5) is 0.278. The average molecular weight is 284 g/mol. The first kappa shape index (κ1) is 15.9. The van der Waals surface area contributed by atoms with E-state index in [9.17, 15) is 8.42 Å². The quantitative estimate of drug-likeness (QED) is 0.722. The largest absolute Gasteiger partial charge is 0.359 e. The van der Waals surface area contributed by atoms with E-state index in [-0.39, 0.29) is 23.7 Å². The lowest BCUT2D eigenvalue weighted by molar-refractivity contribution is -0.0685. The fraction of sp³-hybridized carbons (Fsp3) is 0.429. The Kier molecular flexibility index (Phi) is 6.21. The van der Waals surface area contributed by atoms with Gasteiger partial charge in [-0.25, -0.2) is 8.42 Å². The van der Waals surface area contributed by atoms with Crippen LogP contribution in [-0.4, -0.2) is 28.4 Å². The smallest absolute Gasteiger partial charge is 0.199 e. The summed E-state index contributed by atoms with van der Waals surface area (Å²) in [5, 5.41) is 1.20. The van der Waals surface area contributed by atoms with Gasteiger partial charge in [0.25, 0.3) is 0 Å². The lowest BCUT2D eigenvalue weighted by atomic mass is 10.1. The maximum Gasteiger partial charge on any atom is 0.199 e. The highest BCUT2D eigenvalue weighted by Gasteiger charge is 2.14. The molecular weight excluding hydrogens is 264 g/mol. The molecule has 0 aliphatic carbocycles. The fourth-order valence-electron chi connectivity index (χ4n) is 1.49. The first-order valence-corrected chi connectivity index (χ1v) is 7.61. The lowest BCUT2D eigenvalue weighted by Gasteiger charge is -2.17. The summed E-state index contributed by atoms with van der Waals surface area (Å²) >= 11 is 0. The normalized spacial score (nSPS) is 14.1. The molecule has 0 aliphatic rings. The van der Waals surface area contributed by atoms with Gasteiger partial charge in [0.2, 0.25) is 0 Å². The number of methoxy groups -OCH3 is 1. The Morgan fingerprint density at radius 2 is 1.84 bits per heavy atom. The molecule has 1 atom stereocenters. The number of hydrogen-bond donors (Lipinski definition) is 0. The topological polar surface area (TPSA) is 52.6 Å². The minimum absolute atomic E-state index is 0.137. The molecule has 1 aromatic rings. The van der Waals surface area contributed by atoms with Crippen LogP contribution in [0.2, 0.25) is 0 Å². The number of sulfone groups is 1. The second kappa shape index (κ2) is 7.43. The molecule has 1 rings (SSSR count). The van der Waals surface area contributed by atoms with Crippen molar-refractivity contribution in [3.63, 3.8) is 0 Å². The van der Waals surface area contributed by atoms with Crippen molar-refractivity contribution in [1.29, 1.82) is 0 Å². The molecule has 5 heteroatoms. The Balaban J connectivity index is 2.83. The molecule has 0 bridgehead atoms. The standard InChI is InChI=1S/C14H20O4S/c1-12(2)14(18-11-17-3)9-10-19(15,16)13-7-5-4-6-8-13/h4-10,12,14H,11H2,1-3H3/b10-9+. The van der Waals surface area contributed by atoms with Gasteiger partial charge in [-0.05, 0) is 24.1 Å². The number of benzene rings is 1. The van der Waals surface area contributed by atoms with E-state index >= 15 is 0 Å². The van der Waals surface area contributed by atoms with E-state index in [2.05, 4.69) is 0 Å². The molecule has 0 radical (unpaired) electrons. The first-order chi connectivity index (χ1) is 8.97. The Hall–Kier alpha value is -1.17. The molecule has 0 saturated carbocycles. The third-order valence-electron chi connectivity index (χ3n) is 2.55. The summed E-state index contributed by atoms with van der Waals surface area (Å²) in [5.74, 6) is 0.164. The Bertz CT molecular complexity index is 491. The van der Waals surface area contributed by atoms with Gasteiger partial charge in [0.1, 0.15) is 6.79 Å². The minimum Gasteiger partial charge on any atom is -0.359 e. The summed E-state index contributed by atoms with van der Waals surface area (Å²) in [6.45, 7) is 4.05. The first-order valence-electron chi connectivity index (χ1n) is 6.06. The number of ether oxygens (including phenoxy) is 2. The molecule has 0 amide bonds. The molecular formula is C14H20O4S. The van der Waals surface area contributed by atoms with Gasteiger partial charge in [0, 0.05) is 12.5 Å². The third kappa shape index (κ3) is 5.14. The van der Waals surface area contributed by atoms with Crippen LogP contribution in [0.25, 0.3) is 0 Å². The van der Waals surface area contributed by atoms with Gasteiger partial charge < -0.3 is 9.47 Å². The zero-order valence-electron chi connectivity index (χ0n) is 11.4. The molecule has 0 saturated heterocycles. The van der Waals surface area contributed by atoms with Crippen LogP contribution in [0, 0.1) is 5.92 Å². The van der Waals surface area contributed by atoms with Crippen molar-refractivity contribution in [1.82, 2.24) is 0 Å². The van der Waals surface area contributed by atoms with Crippen LogP contribution in [-0.2, 0) is 19.3 Å². The van der Waals surface area contributed by atoms with Crippen molar-refractivity contribution in [3.8, 4) is 0 Å². The van der Waals surface area contributed by atoms with Crippen LogP contribution in [0.5, 0.6) is 0 Å². The van der Waals surface area contributed by atoms with Crippen LogP contribution < -0.4 is 0 Å². The SMILES string of the molecule is COCOC(/C=C/S(=O)(=O)c1ccccc1)C(C)C. The maximum atomic E-state index is 12.1. The van der Waals surface area contributed by atoms with E-state index in [1.165, 1.54) is 12.5 Å². The Labute approximate surface area is 115 Å². The highest BCUT2D eigenvalue weighted by molar-refractivity contribution is 7.94. The second-order valence-corrected chi connectivity index (χ2v) is 6.30. The van der Waals surface area contributed by atoms with Gasteiger partial charge in [-0.2, -0.15) is 0 Å². The van der Waals surface area contributed by atoms with E-state index in [1.807, 2.05) is 13.8 Å². The maximum absolute atomic E-state index is 12.1. The van der Waals surface area contributed by atoms with Gasteiger partial charge in [-0.3, -0.25) is 0 Å². The molecule has 0 N–H and O–H groups in total. The number of hydrogen-bond acceptors (Lipinski definition) is 4. The summed E-state index contributed by atoms with van der Waals surface area (Å²) in [7, 11) is -1.89. The Morgan fingerprint density at radius 1 is 1.21 bits per heavy atom. The van der Waals surface area contributed by atoms with Gasteiger partial charge >= 0.3 is 0 Å². The molecule has 0 aliphatic heterocycles. The highest BCUT2D eigenvalue weighted by atomic mass is 32.2. The van der Waals surface area contributed by atoms with Crippen molar-refractivity contribution in [2.45, 2.75) is 24.8 Å². The van der Waals surface area contributed by atoms with Gasteiger partial charge in [-0.15, -0.1) is 0 Å². The molecule has 1 unspecified atom stereocenters. The van der Waals surface area contributed by atoms with E-state index in [0.717, 1.165) is 0 Å². The summed E-state index contributed by atoms with van der Waals surface area (Å²) in [6, 6.07) is 8.31. The van der Waals surface area contributed by atoms with E-state index in [1.54, 1.807) is 36.4 Å². The van der Waals surface area contributed by atoms with Crippen molar-refractivity contribution < 1.29 is 17.9 Å². The molecule has 4 nitrogen and oxygen atoms in total. The summed E-state index contributed by atoms with van der Waals surface area (Å²) in [5.41, 5.74) is 0. The predicted molar refractivity (Wildman–Crippen MR) is 74.4 cm³/mol. The molecule has 0 heterocycles. The van der Waals surface area contributed by atoms with Crippen LogP contribution in [0.15, 0.2) is 46.7 Å². The van der Waals surface area contributed by atoms with Gasteiger partial charge in [-0.1, -0.05) is 32.0 Å². The van der Waals surface area contributed by atoms with Crippen molar-refractivity contribution in [3.05, 3.63) is 41.8 Å². The third-order valence-corrected chi connectivity index (χ3v) is 4.00. The molecule has 0 aromatic heterocycles. The van der Waals surface area contributed by atoms with Crippen LogP contribution in [0.1, 0.15) is 13.8 Å². The van der Waals surface area contributed by atoms with Gasteiger partial charge in [0.05, 0.1) is 11.0 Å². The lowest BCUT2D eigenvalue weighted by Crippen LogP contribution is -2.18. The minimum atomic E-state index is -3.42. The van der Waals surface area contributed by atoms with E-state index in [4.69, 9.17) is 9.47 Å². The predicted octanol–water partition coefficient (Wildman–Crippen LogP) is 2.62. The van der Waals surface area contributed by atoms with Crippen molar-refractivity contribution in [2.75, 3.05) is 13.9 Å². The van der Waals surface area contributed by atoms with Gasteiger partial charge in [0.15, 0.2) is 9.84 Å². The summed E-state index contributed by atoms with van der Waals surface area (Å²) < 4.78 is 34.4. The molecule has 0 spiro atoms. The second-order valence-electron chi connectivity index (χ2n) is 4.47. The molecule has 106 valence electrons. The van der Waals surface area contributed by atoms with E-state index in [0.29, 0.717) is 0 Å². The Morgan fingerprint density at radius 3 is 2.37 bits per heavy atom. The monoisotopic (exact) mass is 284 g/mol. The average Bonchev–Trinajstić information content (AvgIpc) is 2.39. The van der Waals surface area contributed by atoms with Crippen LogP contribution in [0.4, 0.5) is 0 Å². The van der Waals surface area contributed by atoms with Crippen molar-refractivity contribution in [2.24, 2.45) is 5.92 Å². The molecule has 1 aromatic carbocycles. The zero-order valence-corrected chi connectivity index (χ0v) is 12.3. The van der Waals surface area contributed by atoms with E-state index < -0.39 is 9.84 Å². The zero-order chi connectivity index (χ0) is 14.3. The summed E-state index contributed by atoms with van der Waals surface area (Å²) in [6.07, 6.45) is 1.27. The number of rotatable bonds is 7. The molecule has 0 fully saturated rings. The highest BCUT2D eigenvalue weighted by Crippen LogP contribution is 2.14. The van der Waals surface area contributed by atoms with Crippen molar-refractivity contribution >= 4 is 9.84 Å². The molecule has 19 heavy (non-hydrogen) atoms.